The lowest BCUT2D eigenvalue weighted by atomic mass is 10.1. The molecular formula is C15H22N2O. The molecule has 0 aliphatic heterocycles. The highest BCUT2D eigenvalue weighted by atomic mass is 16.2. The third-order valence-electron chi connectivity index (χ3n) is 3.25. The van der Waals surface area contributed by atoms with E-state index >= 15 is 0 Å². The monoisotopic (exact) mass is 246 g/mol. The van der Waals surface area contributed by atoms with Gasteiger partial charge in [-0.25, -0.2) is 0 Å². The van der Waals surface area contributed by atoms with Crippen molar-refractivity contribution in [2.24, 2.45) is 11.7 Å². The highest BCUT2D eigenvalue weighted by Gasteiger charge is 2.33. The first-order chi connectivity index (χ1) is 8.61. The highest BCUT2D eigenvalue weighted by Crippen LogP contribution is 2.29. The van der Waals surface area contributed by atoms with E-state index < -0.39 is 0 Å². The number of amides is 1. The fourth-order valence-electron chi connectivity index (χ4n) is 2.13. The van der Waals surface area contributed by atoms with Gasteiger partial charge in [0.2, 0.25) is 0 Å². The molecule has 1 saturated carbocycles. The molecule has 0 unspecified atom stereocenters. The molecule has 1 fully saturated rings. The van der Waals surface area contributed by atoms with E-state index in [2.05, 4.69) is 13.8 Å². The maximum Gasteiger partial charge on any atom is 0.254 e. The molecule has 0 radical (unpaired) electrons. The van der Waals surface area contributed by atoms with Crippen molar-refractivity contribution in [2.45, 2.75) is 39.3 Å². The van der Waals surface area contributed by atoms with Crippen LogP contribution in [0, 0.1) is 5.92 Å². The van der Waals surface area contributed by atoms with E-state index in [4.69, 9.17) is 5.73 Å². The molecule has 0 heterocycles. The van der Waals surface area contributed by atoms with Gasteiger partial charge in [-0.05, 0) is 36.5 Å². The minimum Gasteiger partial charge on any atom is -0.335 e. The van der Waals surface area contributed by atoms with Crippen LogP contribution >= 0.6 is 0 Å². The van der Waals surface area contributed by atoms with Crippen LogP contribution in [-0.2, 0) is 6.54 Å². The summed E-state index contributed by atoms with van der Waals surface area (Å²) in [6.07, 6.45) is 2.30. The molecular weight excluding hydrogens is 224 g/mol. The van der Waals surface area contributed by atoms with Crippen LogP contribution in [0.2, 0.25) is 0 Å². The lowest BCUT2D eigenvalue weighted by Crippen LogP contribution is -2.36. The molecule has 0 atom stereocenters. The zero-order valence-electron chi connectivity index (χ0n) is 11.2. The molecule has 0 spiro atoms. The quantitative estimate of drug-likeness (QED) is 0.867. The summed E-state index contributed by atoms with van der Waals surface area (Å²) in [4.78, 5) is 14.5. The van der Waals surface area contributed by atoms with Crippen LogP contribution < -0.4 is 5.73 Å². The number of nitrogens with zero attached hydrogens (tertiary/aromatic N) is 1. The summed E-state index contributed by atoms with van der Waals surface area (Å²) in [6, 6.07) is 8.12. The summed E-state index contributed by atoms with van der Waals surface area (Å²) < 4.78 is 0. The van der Waals surface area contributed by atoms with Gasteiger partial charge in [0.15, 0.2) is 0 Å². The number of rotatable bonds is 5. The Labute approximate surface area is 109 Å². The smallest absolute Gasteiger partial charge is 0.254 e. The number of benzene rings is 1. The Balaban J connectivity index is 2.11. The van der Waals surface area contributed by atoms with Crippen LogP contribution in [0.3, 0.4) is 0 Å². The number of nitrogens with two attached hydrogens (primary N) is 1. The first kappa shape index (κ1) is 13.1. The summed E-state index contributed by atoms with van der Waals surface area (Å²) in [5, 5.41) is 0. The number of hydrogen-bond donors (Lipinski definition) is 1. The first-order valence-corrected chi connectivity index (χ1v) is 6.71. The predicted octanol–water partition coefficient (Wildman–Crippen LogP) is 2.41. The fourth-order valence-corrected chi connectivity index (χ4v) is 2.13. The zero-order valence-corrected chi connectivity index (χ0v) is 11.2. The van der Waals surface area contributed by atoms with Crippen molar-refractivity contribution in [1.82, 2.24) is 4.90 Å². The van der Waals surface area contributed by atoms with Crippen molar-refractivity contribution in [2.75, 3.05) is 6.54 Å². The Hall–Kier alpha value is -1.35. The van der Waals surface area contributed by atoms with Crippen LogP contribution in [0.1, 0.15) is 42.6 Å². The third-order valence-corrected chi connectivity index (χ3v) is 3.25. The van der Waals surface area contributed by atoms with E-state index in [1.807, 2.05) is 29.2 Å². The molecule has 3 heteroatoms. The molecule has 0 bridgehead atoms. The molecule has 1 aliphatic carbocycles. The summed E-state index contributed by atoms with van der Waals surface area (Å²) in [5.74, 6) is 0.674. The number of carbonyl (C=O) groups excluding carboxylic acids is 1. The minimum absolute atomic E-state index is 0.162. The Bertz CT molecular complexity index is 407. The van der Waals surface area contributed by atoms with E-state index in [0.717, 1.165) is 30.5 Å². The van der Waals surface area contributed by atoms with Crippen molar-refractivity contribution in [3.8, 4) is 0 Å². The van der Waals surface area contributed by atoms with Gasteiger partial charge in [-0.3, -0.25) is 4.79 Å². The van der Waals surface area contributed by atoms with Crippen molar-refractivity contribution in [3.05, 3.63) is 35.4 Å². The molecule has 0 saturated heterocycles. The van der Waals surface area contributed by atoms with Gasteiger partial charge in [-0.15, -0.1) is 0 Å². The van der Waals surface area contributed by atoms with Gasteiger partial charge in [0.1, 0.15) is 0 Å². The average Bonchev–Trinajstić information content (AvgIpc) is 3.19. The fraction of sp³-hybridized carbons (Fsp3) is 0.533. The Morgan fingerprint density at radius 2 is 1.94 bits per heavy atom. The van der Waals surface area contributed by atoms with Gasteiger partial charge in [0.25, 0.3) is 5.91 Å². The third kappa shape index (κ3) is 3.10. The lowest BCUT2D eigenvalue weighted by Gasteiger charge is -2.24. The van der Waals surface area contributed by atoms with E-state index in [1.165, 1.54) is 0 Å². The van der Waals surface area contributed by atoms with Gasteiger partial charge >= 0.3 is 0 Å². The summed E-state index contributed by atoms with van der Waals surface area (Å²) in [7, 11) is 0. The van der Waals surface area contributed by atoms with Crippen molar-refractivity contribution in [3.63, 3.8) is 0 Å². The normalized spacial score (nSPS) is 14.9. The second kappa shape index (κ2) is 5.53. The number of hydrogen-bond acceptors (Lipinski definition) is 2. The maximum atomic E-state index is 12.5. The topological polar surface area (TPSA) is 46.3 Å². The average molecular weight is 246 g/mol. The van der Waals surface area contributed by atoms with Crippen LogP contribution in [0.25, 0.3) is 0 Å². The SMILES string of the molecule is CC(C)CN(C(=O)c1ccc(CN)cc1)C1CC1. The van der Waals surface area contributed by atoms with E-state index in [-0.39, 0.29) is 5.91 Å². The molecule has 1 aromatic carbocycles. The Morgan fingerprint density at radius 1 is 1.33 bits per heavy atom. The molecule has 3 nitrogen and oxygen atoms in total. The van der Waals surface area contributed by atoms with Crippen LogP contribution in [0.5, 0.6) is 0 Å². The van der Waals surface area contributed by atoms with Gasteiger partial charge in [0, 0.05) is 24.7 Å². The maximum absolute atomic E-state index is 12.5. The van der Waals surface area contributed by atoms with E-state index in [9.17, 15) is 4.79 Å². The first-order valence-electron chi connectivity index (χ1n) is 6.71. The second-order valence-electron chi connectivity index (χ2n) is 5.48. The molecule has 1 aliphatic rings. The van der Waals surface area contributed by atoms with E-state index in [1.54, 1.807) is 0 Å². The summed E-state index contributed by atoms with van der Waals surface area (Å²) in [6.45, 7) is 5.68. The van der Waals surface area contributed by atoms with Gasteiger partial charge in [-0.1, -0.05) is 26.0 Å². The Kier molecular flexibility index (Phi) is 4.02. The standard InChI is InChI=1S/C15H22N2O/c1-11(2)10-17(14-7-8-14)15(18)13-5-3-12(9-16)4-6-13/h3-6,11,14H,7-10,16H2,1-2H3. The zero-order chi connectivity index (χ0) is 13.1. The predicted molar refractivity (Wildman–Crippen MR) is 73.2 cm³/mol. The van der Waals surface area contributed by atoms with E-state index in [0.29, 0.717) is 18.5 Å². The van der Waals surface area contributed by atoms with Crippen molar-refractivity contribution in [1.29, 1.82) is 0 Å². The van der Waals surface area contributed by atoms with Gasteiger partial charge in [0.05, 0.1) is 0 Å². The van der Waals surface area contributed by atoms with Crippen LogP contribution in [0.4, 0.5) is 0 Å². The molecule has 2 N–H and O–H groups in total. The number of carbonyl (C=O) groups is 1. The largest absolute Gasteiger partial charge is 0.335 e. The molecule has 2 rings (SSSR count). The molecule has 98 valence electrons. The van der Waals surface area contributed by atoms with Crippen molar-refractivity contribution < 1.29 is 4.79 Å². The molecule has 1 amide bonds. The van der Waals surface area contributed by atoms with Gasteiger partial charge in [-0.2, -0.15) is 0 Å². The summed E-state index contributed by atoms with van der Waals surface area (Å²) in [5.41, 5.74) is 7.41. The molecule has 0 aromatic heterocycles. The molecule has 1 aromatic rings. The van der Waals surface area contributed by atoms with Crippen LogP contribution in [0.15, 0.2) is 24.3 Å². The lowest BCUT2D eigenvalue weighted by molar-refractivity contribution is 0.0722. The van der Waals surface area contributed by atoms with Crippen molar-refractivity contribution >= 4 is 5.91 Å². The Morgan fingerprint density at radius 3 is 2.39 bits per heavy atom. The summed E-state index contributed by atoms with van der Waals surface area (Å²) >= 11 is 0. The van der Waals surface area contributed by atoms with Gasteiger partial charge < -0.3 is 10.6 Å². The molecule has 18 heavy (non-hydrogen) atoms. The highest BCUT2D eigenvalue weighted by molar-refractivity contribution is 5.94. The minimum atomic E-state index is 0.162. The van der Waals surface area contributed by atoms with Crippen LogP contribution in [-0.4, -0.2) is 23.4 Å². The second-order valence-corrected chi connectivity index (χ2v) is 5.48.